The molecule has 28 heavy (non-hydrogen) atoms. The number of esters is 1. The van der Waals surface area contributed by atoms with E-state index in [0.717, 1.165) is 12.1 Å². The average Bonchev–Trinajstić information content (AvgIpc) is 3.07. The van der Waals surface area contributed by atoms with Gasteiger partial charge in [-0.1, -0.05) is 19.1 Å². The summed E-state index contributed by atoms with van der Waals surface area (Å²) in [6, 6.07) is 7.01. The van der Waals surface area contributed by atoms with Gasteiger partial charge in [-0.2, -0.15) is 0 Å². The molecule has 9 nitrogen and oxygen atoms in total. The van der Waals surface area contributed by atoms with Gasteiger partial charge < -0.3 is 26.0 Å². The number of nitrogens with one attached hydrogen (secondary N) is 2. The summed E-state index contributed by atoms with van der Waals surface area (Å²) in [6.07, 6.45) is 0. The highest BCUT2D eigenvalue weighted by Gasteiger charge is 2.36. The minimum atomic E-state index is -0.591. The molecule has 1 saturated heterocycles. The van der Waals surface area contributed by atoms with E-state index in [0.29, 0.717) is 24.6 Å². The number of methoxy groups -OCH3 is 1. The molecule has 2 rings (SSSR count). The highest BCUT2D eigenvalue weighted by molar-refractivity contribution is 5.96. The predicted molar refractivity (Wildman–Crippen MR) is 104 cm³/mol. The number of nitrogens with zero attached hydrogens (tertiary/aromatic N) is 2. The fraction of sp³-hybridized carbons (Fsp3) is 0.474. The first-order valence-electron chi connectivity index (χ1n) is 9.04. The van der Waals surface area contributed by atoms with Gasteiger partial charge in [0.2, 0.25) is 5.91 Å². The lowest BCUT2D eigenvalue weighted by molar-refractivity contribution is -0.146. The maximum absolute atomic E-state index is 11.9. The highest BCUT2D eigenvalue weighted by atomic mass is 16.5. The summed E-state index contributed by atoms with van der Waals surface area (Å²) in [5.41, 5.74) is 6.42. The molecule has 2 unspecified atom stereocenters. The monoisotopic (exact) mass is 389 g/mol. The molecule has 0 aliphatic carbocycles. The van der Waals surface area contributed by atoms with Crippen molar-refractivity contribution in [1.29, 1.82) is 0 Å². The van der Waals surface area contributed by atoms with Crippen molar-refractivity contribution < 1.29 is 19.1 Å². The molecule has 152 valence electrons. The summed E-state index contributed by atoms with van der Waals surface area (Å²) in [6.45, 7) is 3.63. The van der Waals surface area contributed by atoms with E-state index in [1.807, 2.05) is 24.0 Å². The fourth-order valence-corrected chi connectivity index (χ4v) is 3.15. The number of nitrogens with two attached hydrogens (primary N) is 1. The average molecular weight is 389 g/mol. The maximum atomic E-state index is 11.9. The standard InChI is InChI=1S/C19H27N5O4/c1-12-10-24(11-15(12)18(27)28-3)19(21-2)23-8-13-4-6-14(7-5-13)17(26)22-9-16(20)25/h4-7,12,15H,8-11H2,1-3H3,(H2,20,25)(H,21,23)(H,22,26). The van der Waals surface area contributed by atoms with Crippen molar-refractivity contribution in [3.8, 4) is 0 Å². The Hall–Kier alpha value is -3.10. The Morgan fingerprint density at radius 2 is 1.89 bits per heavy atom. The van der Waals surface area contributed by atoms with Crippen LogP contribution in [-0.2, 0) is 20.9 Å². The Morgan fingerprint density at radius 1 is 1.21 bits per heavy atom. The Morgan fingerprint density at radius 3 is 2.46 bits per heavy atom. The lowest BCUT2D eigenvalue weighted by Crippen LogP contribution is -2.40. The maximum Gasteiger partial charge on any atom is 0.310 e. The summed E-state index contributed by atoms with van der Waals surface area (Å²) in [4.78, 5) is 40.8. The fourth-order valence-electron chi connectivity index (χ4n) is 3.15. The normalized spacial score (nSPS) is 19.2. The quantitative estimate of drug-likeness (QED) is 0.349. The van der Waals surface area contributed by atoms with E-state index in [1.165, 1.54) is 7.11 Å². The molecule has 0 saturated carbocycles. The van der Waals surface area contributed by atoms with Crippen LogP contribution in [0.1, 0.15) is 22.8 Å². The molecule has 9 heteroatoms. The van der Waals surface area contributed by atoms with E-state index in [9.17, 15) is 14.4 Å². The molecule has 0 aromatic heterocycles. The molecule has 1 heterocycles. The Kier molecular flexibility index (Phi) is 7.36. The van der Waals surface area contributed by atoms with Crippen LogP contribution in [-0.4, -0.2) is 62.4 Å². The lowest BCUT2D eigenvalue weighted by atomic mass is 9.99. The number of amides is 2. The van der Waals surface area contributed by atoms with Crippen LogP contribution in [0.5, 0.6) is 0 Å². The molecule has 4 N–H and O–H groups in total. The van der Waals surface area contributed by atoms with Crippen molar-refractivity contribution in [2.75, 3.05) is 33.8 Å². The molecular weight excluding hydrogens is 362 g/mol. The van der Waals surface area contributed by atoms with Crippen molar-refractivity contribution in [2.45, 2.75) is 13.5 Å². The molecule has 2 atom stereocenters. The highest BCUT2D eigenvalue weighted by Crippen LogP contribution is 2.24. The summed E-state index contributed by atoms with van der Waals surface area (Å²) < 4.78 is 4.87. The van der Waals surface area contributed by atoms with Crippen molar-refractivity contribution in [3.63, 3.8) is 0 Å². The number of carbonyl (C=O) groups is 3. The Labute approximate surface area is 164 Å². The van der Waals surface area contributed by atoms with Crippen LogP contribution >= 0.6 is 0 Å². The van der Waals surface area contributed by atoms with Gasteiger partial charge >= 0.3 is 5.97 Å². The van der Waals surface area contributed by atoms with Crippen LogP contribution in [0.3, 0.4) is 0 Å². The van der Waals surface area contributed by atoms with E-state index >= 15 is 0 Å². The van der Waals surface area contributed by atoms with Gasteiger partial charge in [0.15, 0.2) is 5.96 Å². The summed E-state index contributed by atoms with van der Waals surface area (Å²) >= 11 is 0. The zero-order chi connectivity index (χ0) is 20.7. The number of ether oxygens (including phenoxy) is 1. The van der Waals surface area contributed by atoms with Crippen molar-refractivity contribution in [1.82, 2.24) is 15.5 Å². The third-order valence-corrected chi connectivity index (χ3v) is 4.72. The van der Waals surface area contributed by atoms with Crippen LogP contribution < -0.4 is 16.4 Å². The summed E-state index contributed by atoms with van der Waals surface area (Å²) in [7, 11) is 3.10. The topological polar surface area (TPSA) is 126 Å². The van der Waals surface area contributed by atoms with Gasteiger partial charge in [0, 0.05) is 32.2 Å². The van der Waals surface area contributed by atoms with Crippen molar-refractivity contribution in [2.24, 2.45) is 22.6 Å². The molecule has 1 aromatic rings. The van der Waals surface area contributed by atoms with Crippen molar-refractivity contribution in [3.05, 3.63) is 35.4 Å². The van der Waals surface area contributed by atoms with Crippen molar-refractivity contribution >= 4 is 23.7 Å². The van der Waals surface area contributed by atoms with Gasteiger partial charge in [-0.15, -0.1) is 0 Å². The van der Waals surface area contributed by atoms with Gasteiger partial charge in [0.05, 0.1) is 19.6 Å². The van der Waals surface area contributed by atoms with Crippen LogP contribution in [0.25, 0.3) is 0 Å². The molecule has 1 aliphatic heterocycles. The first-order valence-corrected chi connectivity index (χ1v) is 9.04. The minimum Gasteiger partial charge on any atom is -0.469 e. The van der Waals surface area contributed by atoms with Crippen LogP contribution in [0.15, 0.2) is 29.3 Å². The van der Waals surface area contributed by atoms with Crippen LogP contribution in [0.4, 0.5) is 0 Å². The molecule has 1 aromatic carbocycles. The zero-order valence-corrected chi connectivity index (χ0v) is 16.4. The van der Waals surface area contributed by atoms with E-state index in [2.05, 4.69) is 15.6 Å². The Bertz CT molecular complexity index is 747. The number of benzene rings is 1. The number of rotatable bonds is 6. The van der Waals surface area contributed by atoms with Crippen LogP contribution in [0, 0.1) is 11.8 Å². The largest absolute Gasteiger partial charge is 0.469 e. The number of hydrogen-bond donors (Lipinski definition) is 3. The molecule has 0 bridgehead atoms. The lowest BCUT2D eigenvalue weighted by Gasteiger charge is -2.21. The minimum absolute atomic E-state index is 0.165. The number of carbonyl (C=O) groups excluding carboxylic acids is 3. The number of primary amides is 1. The zero-order valence-electron chi connectivity index (χ0n) is 16.4. The van der Waals surface area contributed by atoms with Gasteiger partial charge in [0.25, 0.3) is 5.91 Å². The number of guanidine groups is 1. The number of likely N-dealkylation sites (tertiary alicyclic amines) is 1. The molecule has 1 aliphatic rings. The Balaban J connectivity index is 1.91. The molecule has 0 radical (unpaired) electrons. The van der Waals surface area contributed by atoms with E-state index in [-0.39, 0.29) is 30.3 Å². The predicted octanol–water partition coefficient (Wildman–Crippen LogP) is -0.282. The third kappa shape index (κ3) is 5.45. The molecular formula is C19H27N5O4. The first-order chi connectivity index (χ1) is 13.3. The van der Waals surface area contributed by atoms with E-state index < -0.39 is 5.91 Å². The van der Waals surface area contributed by atoms with Gasteiger partial charge in [-0.3, -0.25) is 19.4 Å². The SMILES string of the molecule is CN=C(NCc1ccc(C(=O)NCC(N)=O)cc1)N1CC(C)C(C(=O)OC)C1. The van der Waals surface area contributed by atoms with E-state index in [1.54, 1.807) is 19.2 Å². The van der Waals surface area contributed by atoms with Gasteiger partial charge in [0.1, 0.15) is 0 Å². The molecule has 1 fully saturated rings. The second-order valence-electron chi connectivity index (χ2n) is 6.76. The summed E-state index contributed by atoms with van der Waals surface area (Å²) in [5.74, 6) is -0.414. The number of hydrogen-bond acceptors (Lipinski definition) is 5. The second kappa shape index (κ2) is 9.72. The third-order valence-electron chi connectivity index (χ3n) is 4.72. The van der Waals surface area contributed by atoms with Gasteiger partial charge in [-0.05, 0) is 23.6 Å². The van der Waals surface area contributed by atoms with E-state index in [4.69, 9.17) is 10.5 Å². The smallest absolute Gasteiger partial charge is 0.310 e. The number of aliphatic imine (C=N–C) groups is 1. The van der Waals surface area contributed by atoms with Gasteiger partial charge in [-0.25, -0.2) is 0 Å². The summed E-state index contributed by atoms with van der Waals surface area (Å²) in [5, 5.41) is 5.72. The molecule has 0 spiro atoms. The first kappa shape index (κ1) is 21.2. The molecule has 2 amide bonds. The second-order valence-corrected chi connectivity index (χ2v) is 6.76. The van der Waals surface area contributed by atoms with Crippen LogP contribution in [0.2, 0.25) is 0 Å².